The van der Waals surface area contributed by atoms with Crippen LogP contribution in [0.15, 0.2) is 9.95 Å². The highest BCUT2D eigenvalue weighted by molar-refractivity contribution is 7.99. The monoisotopic (exact) mass is 298 g/mol. The molecule has 0 aromatic carbocycles. The van der Waals surface area contributed by atoms with Gasteiger partial charge in [-0.05, 0) is 33.3 Å². The topological polar surface area (TPSA) is 55.1 Å². The Hall–Kier alpha value is -0.850. The molecule has 0 atom stereocenters. The molecule has 0 unspecified atom stereocenters. The first-order valence-corrected chi connectivity index (χ1v) is 7.83. The van der Waals surface area contributed by atoms with Crippen molar-refractivity contribution < 1.29 is 5.11 Å². The fourth-order valence-corrected chi connectivity index (χ4v) is 3.72. The summed E-state index contributed by atoms with van der Waals surface area (Å²) in [5, 5.41) is 11.1. The number of hydrogen-bond acceptors (Lipinski definition) is 5. The van der Waals surface area contributed by atoms with Gasteiger partial charge in [0.15, 0.2) is 5.16 Å². The van der Waals surface area contributed by atoms with Gasteiger partial charge in [0.25, 0.3) is 5.56 Å². The normalized spacial score (nSPS) is 12.3. The van der Waals surface area contributed by atoms with E-state index in [0.717, 1.165) is 20.7 Å². The van der Waals surface area contributed by atoms with Gasteiger partial charge >= 0.3 is 0 Å². The number of thioether (sulfide) groups is 1. The third-order valence-corrected chi connectivity index (χ3v) is 5.50. The molecule has 0 aliphatic carbocycles. The standard InChI is InChI=1S/C13H18N2O2S2/c1-7-8(2)19-10-9(7)11(16)15(5)12(14-10)18-6-13(3,4)17/h17H,6H2,1-5H3. The Kier molecular flexibility index (Phi) is 3.77. The number of rotatable bonds is 3. The summed E-state index contributed by atoms with van der Waals surface area (Å²) in [6.45, 7) is 7.46. The molecule has 4 nitrogen and oxygen atoms in total. The molecule has 6 heteroatoms. The van der Waals surface area contributed by atoms with E-state index in [0.29, 0.717) is 10.9 Å². The molecule has 19 heavy (non-hydrogen) atoms. The van der Waals surface area contributed by atoms with E-state index in [2.05, 4.69) is 4.98 Å². The molecule has 0 fully saturated rings. The molecule has 104 valence electrons. The maximum absolute atomic E-state index is 12.4. The van der Waals surface area contributed by atoms with Crippen LogP contribution in [0, 0.1) is 13.8 Å². The summed E-state index contributed by atoms with van der Waals surface area (Å²) in [4.78, 5) is 18.8. The van der Waals surface area contributed by atoms with Crippen LogP contribution in [-0.2, 0) is 7.05 Å². The molecule has 0 radical (unpaired) electrons. The average molecular weight is 298 g/mol. The number of thiophene rings is 1. The van der Waals surface area contributed by atoms with E-state index >= 15 is 0 Å². The van der Waals surface area contributed by atoms with Crippen molar-refractivity contribution in [3.63, 3.8) is 0 Å². The summed E-state index contributed by atoms with van der Waals surface area (Å²) in [6.07, 6.45) is 0. The molecular weight excluding hydrogens is 280 g/mol. The lowest BCUT2D eigenvalue weighted by Gasteiger charge is -2.16. The zero-order valence-corrected chi connectivity index (χ0v) is 13.4. The second kappa shape index (κ2) is 4.92. The lowest BCUT2D eigenvalue weighted by atomic mass is 10.2. The Morgan fingerprint density at radius 2 is 2.05 bits per heavy atom. The first-order valence-electron chi connectivity index (χ1n) is 6.02. The zero-order valence-electron chi connectivity index (χ0n) is 11.8. The van der Waals surface area contributed by atoms with Crippen molar-refractivity contribution in [3.8, 4) is 0 Å². The highest BCUT2D eigenvalue weighted by Gasteiger charge is 2.18. The molecule has 0 spiro atoms. The summed E-state index contributed by atoms with van der Waals surface area (Å²) in [5.74, 6) is 0.502. The van der Waals surface area contributed by atoms with Gasteiger partial charge in [0.1, 0.15) is 4.83 Å². The maximum Gasteiger partial charge on any atom is 0.262 e. The molecular formula is C13H18N2O2S2. The molecule has 0 saturated heterocycles. The number of aromatic nitrogens is 2. The van der Waals surface area contributed by atoms with Crippen molar-refractivity contribution in [2.24, 2.45) is 7.05 Å². The van der Waals surface area contributed by atoms with Crippen LogP contribution in [0.1, 0.15) is 24.3 Å². The van der Waals surface area contributed by atoms with E-state index in [1.165, 1.54) is 11.8 Å². The van der Waals surface area contributed by atoms with Gasteiger partial charge in [-0.15, -0.1) is 11.3 Å². The molecule has 0 aliphatic heterocycles. The molecule has 0 bridgehead atoms. The summed E-state index contributed by atoms with van der Waals surface area (Å²) < 4.78 is 1.57. The molecule has 0 amide bonds. The lowest BCUT2D eigenvalue weighted by Crippen LogP contribution is -2.24. The summed E-state index contributed by atoms with van der Waals surface area (Å²) in [6, 6.07) is 0. The van der Waals surface area contributed by atoms with Gasteiger partial charge in [-0.25, -0.2) is 4.98 Å². The highest BCUT2D eigenvalue weighted by Crippen LogP contribution is 2.28. The van der Waals surface area contributed by atoms with E-state index in [4.69, 9.17) is 0 Å². The van der Waals surface area contributed by atoms with E-state index < -0.39 is 5.60 Å². The molecule has 2 rings (SSSR count). The first kappa shape index (κ1) is 14.6. The predicted octanol–water partition coefficient (Wildman–Crippen LogP) is 2.47. The minimum Gasteiger partial charge on any atom is -0.390 e. The van der Waals surface area contributed by atoms with Gasteiger partial charge in [-0.3, -0.25) is 9.36 Å². The highest BCUT2D eigenvalue weighted by atomic mass is 32.2. The fraction of sp³-hybridized carbons (Fsp3) is 0.538. The van der Waals surface area contributed by atoms with Crippen LogP contribution >= 0.6 is 23.1 Å². The SMILES string of the molecule is Cc1sc2nc(SCC(C)(C)O)n(C)c(=O)c2c1C. The van der Waals surface area contributed by atoms with Crippen LogP contribution in [0.25, 0.3) is 10.2 Å². The van der Waals surface area contributed by atoms with Crippen molar-refractivity contribution in [3.05, 3.63) is 20.8 Å². The Balaban J connectivity index is 2.53. The van der Waals surface area contributed by atoms with Crippen LogP contribution in [-0.4, -0.2) is 26.0 Å². The fourth-order valence-electron chi connectivity index (χ4n) is 1.73. The molecule has 0 aliphatic rings. The van der Waals surface area contributed by atoms with Gasteiger partial charge in [-0.2, -0.15) is 0 Å². The van der Waals surface area contributed by atoms with E-state index in [9.17, 15) is 9.90 Å². The minimum atomic E-state index is -0.779. The second-order valence-corrected chi connectivity index (χ2v) is 7.47. The third-order valence-electron chi connectivity index (χ3n) is 2.92. The van der Waals surface area contributed by atoms with Crippen molar-refractivity contribution in [1.29, 1.82) is 0 Å². The average Bonchev–Trinajstić information content (AvgIpc) is 2.57. The van der Waals surface area contributed by atoms with E-state index in [1.54, 1.807) is 36.8 Å². The molecule has 2 heterocycles. The number of nitrogens with zero attached hydrogens (tertiary/aromatic N) is 2. The molecule has 0 saturated carbocycles. The minimum absolute atomic E-state index is 0.00917. The number of aryl methyl sites for hydroxylation is 2. The molecule has 2 aromatic heterocycles. The van der Waals surface area contributed by atoms with Crippen molar-refractivity contribution >= 4 is 33.3 Å². The third kappa shape index (κ3) is 2.85. The predicted molar refractivity (Wildman–Crippen MR) is 81.4 cm³/mol. The van der Waals surface area contributed by atoms with Gasteiger partial charge in [0.2, 0.25) is 0 Å². The lowest BCUT2D eigenvalue weighted by molar-refractivity contribution is 0.107. The Bertz CT molecular complexity index is 680. The van der Waals surface area contributed by atoms with Gasteiger partial charge < -0.3 is 5.11 Å². The second-order valence-electron chi connectivity index (χ2n) is 5.32. The number of fused-ring (bicyclic) bond motifs is 1. The van der Waals surface area contributed by atoms with Gasteiger partial charge in [0.05, 0.1) is 11.0 Å². The smallest absolute Gasteiger partial charge is 0.262 e. The first-order chi connectivity index (χ1) is 8.70. The van der Waals surface area contributed by atoms with Crippen molar-refractivity contribution in [2.45, 2.75) is 38.5 Å². The van der Waals surface area contributed by atoms with Crippen molar-refractivity contribution in [2.75, 3.05) is 5.75 Å². The largest absolute Gasteiger partial charge is 0.390 e. The number of hydrogen-bond donors (Lipinski definition) is 1. The van der Waals surface area contributed by atoms with Crippen LogP contribution in [0.2, 0.25) is 0 Å². The van der Waals surface area contributed by atoms with Crippen LogP contribution < -0.4 is 5.56 Å². The van der Waals surface area contributed by atoms with Gasteiger partial charge in [-0.1, -0.05) is 11.8 Å². The summed E-state index contributed by atoms with van der Waals surface area (Å²) in [7, 11) is 1.73. The maximum atomic E-state index is 12.4. The number of aliphatic hydroxyl groups is 1. The summed E-state index contributed by atoms with van der Waals surface area (Å²) >= 11 is 2.96. The van der Waals surface area contributed by atoms with Crippen LogP contribution in [0.3, 0.4) is 0 Å². The van der Waals surface area contributed by atoms with Crippen LogP contribution in [0.4, 0.5) is 0 Å². The zero-order chi connectivity index (χ0) is 14.4. The Morgan fingerprint density at radius 3 is 2.63 bits per heavy atom. The van der Waals surface area contributed by atoms with E-state index in [1.807, 2.05) is 13.8 Å². The van der Waals surface area contributed by atoms with Crippen molar-refractivity contribution in [1.82, 2.24) is 9.55 Å². The Morgan fingerprint density at radius 1 is 1.42 bits per heavy atom. The van der Waals surface area contributed by atoms with Crippen LogP contribution in [0.5, 0.6) is 0 Å². The summed E-state index contributed by atoms with van der Waals surface area (Å²) in [5.41, 5.74) is 0.232. The quantitative estimate of drug-likeness (QED) is 0.698. The van der Waals surface area contributed by atoms with Gasteiger partial charge in [0, 0.05) is 17.7 Å². The molecule has 2 aromatic rings. The molecule has 1 N–H and O–H groups in total. The van der Waals surface area contributed by atoms with E-state index in [-0.39, 0.29) is 5.56 Å². The Labute approximate surface area is 120 Å².